The highest BCUT2D eigenvalue weighted by Gasteiger charge is 2.17. The van der Waals surface area contributed by atoms with Crippen molar-refractivity contribution in [2.24, 2.45) is 0 Å². The van der Waals surface area contributed by atoms with Crippen LogP contribution in [-0.4, -0.2) is 42.5 Å². The fourth-order valence-corrected chi connectivity index (χ4v) is 2.07. The van der Waals surface area contributed by atoms with E-state index in [1.54, 1.807) is 27.1 Å². The molecule has 0 bridgehead atoms. The maximum Gasteiger partial charge on any atom is 0.244 e. The number of likely N-dealkylation sites (N-methyl/N-ethyl adjacent to an activating group) is 1. The van der Waals surface area contributed by atoms with Crippen molar-refractivity contribution >= 4 is 40.7 Å². The molecule has 0 fully saturated rings. The van der Waals surface area contributed by atoms with Gasteiger partial charge in [-0.25, -0.2) is 4.98 Å². The van der Waals surface area contributed by atoms with E-state index in [9.17, 15) is 4.79 Å². The average Bonchev–Trinajstić information content (AvgIpc) is 2.39. The summed E-state index contributed by atoms with van der Waals surface area (Å²) in [5.74, 6) is 0.947. The molecule has 5 nitrogen and oxygen atoms in total. The summed E-state index contributed by atoms with van der Waals surface area (Å²) in [6.07, 6.45) is 0.957. The standard InChI is InChI=1S/C13H20Cl2N4O/c1-5-6-16-11-9(14)7-10(15)12(18-11)17-8(2)13(20)19(3)4/h7-8H,5-6H2,1-4H3,(H2,16,17,18). The molecule has 112 valence electrons. The van der Waals surface area contributed by atoms with Crippen LogP contribution in [0.3, 0.4) is 0 Å². The van der Waals surface area contributed by atoms with Gasteiger partial charge >= 0.3 is 0 Å². The topological polar surface area (TPSA) is 57.3 Å². The maximum absolute atomic E-state index is 11.8. The largest absolute Gasteiger partial charge is 0.369 e. The van der Waals surface area contributed by atoms with Crippen molar-refractivity contribution in [2.75, 3.05) is 31.3 Å². The SMILES string of the molecule is CCCNc1nc(NC(C)C(=O)N(C)C)c(Cl)cc1Cl. The lowest BCUT2D eigenvalue weighted by molar-refractivity contribution is -0.129. The molecule has 0 saturated carbocycles. The van der Waals surface area contributed by atoms with E-state index >= 15 is 0 Å². The maximum atomic E-state index is 11.8. The smallest absolute Gasteiger partial charge is 0.244 e. The number of hydrogen-bond acceptors (Lipinski definition) is 4. The molecule has 1 unspecified atom stereocenters. The first-order valence-corrected chi connectivity index (χ1v) is 7.20. The molecule has 0 aliphatic carbocycles. The van der Waals surface area contributed by atoms with Crippen molar-refractivity contribution in [3.8, 4) is 0 Å². The second-order valence-corrected chi connectivity index (χ2v) is 5.49. The van der Waals surface area contributed by atoms with Gasteiger partial charge in [0.1, 0.15) is 17.7 Å². The number of nitrogens with one attached hydrogen (secondary N) is 2. The van der Waals surface area contributed by atoms with Gasteiger partial charge in [-0.3, -0.25) is 4.79 Å². The molecule has 1 rings (SSSR count). The number of carbonyl (C=O) groups excluding carboxylic acids is 1. The number of hydrogen-bond donors (Lipinski definition) is 2. The van der Waals surface area contributed by atoms with Crippen LogP contribution in [0.5, 0.6) is 0 Å². The number of anilines is 2. The predicted molar refractivity (Wildman–Crippen MR) is 84.8 cm³/mol. The number of halogens is 2. The molecule has 0 aromatic carbocycles. The highest BCUT2D eigenvalue weighted by Crippen LogP contribution is 2.29. The number of carbonyl (C=O) groups is 1. The van der Waals surface area contributed by atoms with Crippen LogP contribution in [0, 0.1) is 0 Å². The first-order chi connectivity index (χ1) is 9.36. The van der Waals surface area contributed by atoms with Gasteiger partial charge < -0.3 is 15.5 Å². The third-order valence-corrected chi connectivity index (χ3v) is 3.21. The third-order valence-electron chi connectivity index (χ3n) is 2.64. The molecule has 1 aromatic heterocycles. The summed E-state index contributed by atoms with van der Waals surface area (Å²) in [7, 11) is 3.40. The number of amides is 1. The van der Waals surface area contributed by atoms with Crippen molar-refractivity contribution in [1.29, 1.82) is 0 Å². The van der Waals surface area contributed by atoms with Crippen molar-refractivity contribution in [3.05, 3.63) is 16.1 Å². The molecule has 1 amide bonds. The lowest BCUT2D eigenvalue weighted by atomic mass is 10.3. The van der Waals surface area contributed by atoms with Gasteiger partial charge in [0.05, 0.1) is 10.0 Å². The molecule has 0 radical (unpaired) electrons. The van der Waals surface area contributed by atoms with Crippen LogP contribution in [-0.2, 0) is 4.79 Å². The average molecular weight is 319 g/mol. The van der Waals surface area contributed by atoms with Crippen LogP contribution in [0.25, 0.3) is 0 Å². The summed E-state index contributed by atoms with van der Waals surface area (Å²) in [6.45, 7) is 4.57. The van der Waals surface area contributed by atoms with Crippen LogP contribution in [0.4, 0.5) is 11.6 Å². The minimum Gasteiger partial charge on any atom is -0.369 e. The zero-order valence-electron chi connectivity index (χ0n) is 12.1. The van der Waals surface area contributed by atoms with Gasteiger partial charge in [-0.05, 0) is 19.4 Å². The first kappa shape index (κ1) is 16.9. The number of aromatic nitrogens is 1. The Morgan fingerprint density at radius 1 is 1.35 bits per heavy atom. The highest BCUT2D eigenvalue weighted by atomic mass is 35.5. The Bertz CT molecular complexity index is 480. The molecule has 1 atom stereocenters. The Balaban J connectivity index is 2.91. The molecule has 1 heterocycles. The Morgan fingerprint density at radius 2 is 1.95 bits per heavy atom. The quantitative estimate of drug-likeness (QED) is 0.846. The summed E-state index contributed by atoms with van der Waals surface area (Å²) in [6, 6.07) is 1.19. The van der Waals surface area contributed by atoms with Crippen molar-refractivity contribution < 1.29 is 4.79 Å². The fourth-order valence-electron chi connectivity index (χ4n) is 1.59. The van der Waals surface area contributed by atoms with E-state index < -0.39 is 6.04 Å². The van der Waals surface area contributed by atoms with Gasteiger partial charge in [-0.2, -0.15) is 0 Å². The first-order valence-electron chi connectivity index (χ1n) is 6.44. The monoisotopic (exact) mass is 318 g/mol. The zero-order valence-corrected chi connectivity index (χ0v) is 13.6. The normalized spacial score (nSPS) is 11.9. The van der Waals surface area contributed by atoms with Gasteiger partial charge in [0.2, 0.25) is 5.91 Å². The van der Waals surface area contributed by atoms with Gasteiger partial charge in [0, 0.05) is 20.6 Å². The fraction of sp³-hybridized carbons (Fsp3) is 0.538. The number of pyridine rings is 1. The molecule has 20 heavy (non-hydrogen) atoms. The van der Waals surface area contributed by atoms with Gasteiger partial charge in [-0.15, -0.1) is 0 Å². The lowest BCUT2D eigenvalue weighted by Gasteiger charge is -2.19. The molecule has 0 spiro atoms. The number of nitrogens with zero attached hydrogens (tertiary/aromatic N) is 2. The van der Waals surface area contributed by atoms with E-state index in [1.165, 1.54) is 4.90 Å². The summed E-state index contributed by atoms with van der Waals surface area (Å²) >= 11 is 12.2. The van der Waals surface area contributed by atoms with E-state index in [0.29, 0.717) is 21.7 Å². The summed E-state index contributed by atoms with van der Waals surface area (Å²) in [4.78, 5) is 17.7. The summed E-state index contributed by atoms with van der Waals surface area (Å²) < 4.78 is 0. The van der Waals surface area contributed by atoms with Crippen LogP contribution in [0.1, 0.15) is 20.3 Å². The van der Waals surface area contributed by atoms with Crippen LogP contribution in [0.2, 0.25) is 10.0 Å². The van der Waals surface area contributed by atoms with E-state index in [1.807, 2.05) is 6.92 Å². The van der Waals surface area contributed by atoms with Crippen LogP contribution in [0.15, 0.2) is 6.07 Å². The molecule has 7 heteroatoms. The van der Waals surface area contributed by atoms with Gasteiger partial charge in [0.25, 0.3) is 0 Å². The second kappa shape index (κ2) is 7.55. The lowest BCUT2D eigenvalue weighted by Crippen LogP contribution is -2.36. The van der Waals surface area contributed by atoms with E-state index in [0.717, 1.165) is 13.0 Å². The summed E-state index contributed by atoms with van der Waals surface area (Å²) in [5, 5.41) is 6.96. The second-order valence-electron chi connectivity index (χ2n) is 4.67. The minimum absolute atomic E-state index is 0.0547. The molecular weight excluding hydrogens is 299 g/mol. The van der Waals surface area contributed by atoms with Crippen molar-refractivity contribution in [2.45, 2.75) is 26.3 Å². The molecule has 0 aliphatic heterocycles. The Labute approximate surface area is 129 Å². The molecule has 0 aliphatic rings. The van der Waals surface area contributed by atoms with E-state index in [2.05, 4.69) is 15.6 Å². The Morgan fingerprint density at radius 3 is 2.50 bits per heavy atom. The molecule has 2 N–H and O–H groups in total. The predicted octanol–water partition coefficient (Wildman–Crippen LogP) is 3.10. The molecule has 1 aromatic rings. The third kappa shape index (κ3) is 4.42. The van der Waals surface area contributed by atoms with Crippen LogP contribution < -0.4 is 10.6 Å². The highest BCUT2D eigenvalue weighted by molar-refractivity contribution is 6.37. The Hall–Kier alpha value is -1.20. The molecule has 0 saturated heterocycles. The van der Waals surface area contributed by atoms with E-state index in [-0.39, 0.29) is 5.91 Å². The van der Waals surface area contributed by atoms with Crippen LogP contribution >= 0.6 is 23.2 Å². The molecular formula is C13H20Cl2N4O. The Kier molecular flexibility index (Phi) is 6.36. The van der Waals surface area contributed by atoms with Gasteiger partial charge in [0.15, 0.2) is 0 Å². The van der Waals surface area contributed by atoms with Crippen molar-refractivity contribution in [3.63, 3.8) is 0 Å². The minimum atomic E-state index is -0.421. The zero-order chi connectivity index (χ0) is 15.3. The van der Waals surface area contributed by atoms with Gasteiger partial charge in [-0.1, -0.05) is 30.1 Å². The number of rotatable bonds is 6. The van der Waals surface area contributed by atoms with E-state index in [4.69, 9.17) is 23.2 Å². The van der Waals surface area contributed by atoms with Crippen molar-refractivity contribution in [1.82, 2.24) is 9.88 Å². The summed E-state index contributed by atoms with van der Waals surface area (Å²) in [5.41, 5.74) is 0.